The molecular formula is C12H19ClN4. The van der Waals surface area contributed by atoms with Crippen LogP contribution in [0.15, 0.2) is 6.20 Å². The van der Waals surface area contributed by atoms with Crippen molar-refractivity contribution in [1.82, 2.24) is 14.7 Å². The third kappa shape index (κ3) is 1.98. The highest BCUT2D eigenvalue weighted by atomic mass is 35.5. The molecule has 2 aliphatic rings. The van der Waals surface area contributed by atoms with Gasteiger partial charge >= 0.3 is 0 Å². The zero-order valence-corrected chi connectivity index (χ0v) is 10.9. The van der Waals surface area contributed by atoms with E-state index in [0.29, 0.717) is 12.0 Å². The molecule has 3 atom stereocenters. The van der Waals surface area contributed by atoms with E-state index in [9.17, 15) is 0 Å². The lowest BCUT2D eigenvalue weighted by atomic mass is 9.98. The molecule has 94 valence electrons. The lowest BCUT2D eigenvalue weighted by Gasteiger charge is -2.18. The molecule has 1 saturated carbocycles. The zero-order valence-electron chi connectivity index (χ0n) is 10.1. The molecular weight excluding hydrogens is 236 g/mol. The summed E-state index contributed by atoms with van der Waals surface area (Å²) in [7, 11) is 1.95. The summed E-state index contributed by atoms with van der Waals surface area (Å²) < 4.78 is 1.87. The summed E-state index contributed by atoms with van der Waals surface area (Å²) in [6, 6.07) is 0.409. The van der Waals surface area contributed by atoms with Gasteiger partial charge in [-0.15, -0.1) is 0 Å². The van der Waals surface area contributed by atoms with Crippen LogP contribution in [0.5, 0.6) is 0 Å². The van der Waals surface area contributed by atoms with Crippen LogP contribution in [0.1, 0.15) is 18.5 Å². The van der Waals surface area contributed by atoms with Gasteiger partial charge in [0.2, 0.25) is 0 Å². The molecule has 5 heteroatoms. The fraction of sp³-hybridized carbons (Fsp3) is 0.750. The molecule has 1 aliphatic carbocycles. The van der Waals surface area contributed by atoms with Crippen molar-refractivity contribution in [3.8, 4) is 0 Å². The lowest BCUT2D eigenvalue weighted by Crippen LogP contribution is -2.30. The van der Waals surface area contributed by atoms with E-state index in [-0.39, 0.29) is 0 Å². The Morgan fingerprint density at radius 3 is 2.94 bits per heavy atom. The number of nitrogens with two attached hydrogens (primary N) is 1. The van der Waals surface area contributed by atoms with Gasteiger partial charge in [-0.1, -0.05) is 11.6 Å². The first kappa shape index (κ1) is 11.5. The number of aromatic nitrogens is 2. The monoisotopic (exact) mass is 254 g/mol. The molecule has 4 nitrogen and oxygen atoms in total. The van der Waals surface area contributed by atoms with Crippen molar-refractivity contribution in [3.05, 3.63) is 16.9 Å². The third-order valence-corrected chi connectivity index (χ3v) is 4.69. The van der Waals surface area contributed by atoms with Crippen molar-refractivity contribution >= 4 is 11.6 Å². The predicted octanol–water partition coefficient (Wildman–Crippen LogP) is 1.24. The second-order valence-corrected chi connectivity index (χ2v) is 5.83. The number of fused-ring (bicyclic) bond motifs is 1. The normalized spacial score (nSPS) is 33.2. The molecule has 1 aromatic rings. The summed E-state index contributed by atoms with van der Waals surface area (Å²) >= 11 is 6.14. The molecule has 1 saturated heterocycles. The number of hydrogen-bond donors (Lipinski definition) is 1. The van der Waals surface area contributed by atoms with E-state index in [4.69, 9.17) is 17.3 Å². The largest absolute Gasteiger partial charge is 0.327 e. The Morgan fingerprint density at radius 1 is 1.47 bits per heavy atom. The molecule has 2 fully saturated rings. The first-order valence-corrected chi connectivity index (χ1v) is 6.67. The van der Waals surface area contributed by atoms with E-state index in [0.717, 1.165) is 29.7 Å². The third-order valence-electron chi connectivity index (χ3n) is 4.37. The molecule has 1 aliphatic heterocycles. The number of aryl methyl sites for hydroxylation is 1. The van der Waals surface area contributed by atoms with Crippen LogP contribution in [-0.4, -0.2) is 33.8 Å². The van der Waals surface area contributed by atoms with Crippen LogP contribution < -0.4 is 5.73 Å². The van der Waals surface area contributed by atoms with Gasteiger partial charge in [0, 0.05) is 32.7 Å². The second-order valence-electron chi connectivity index (χ2n) is 5.42. The van der Waals surface area contributed by atoms with E-state index in [1.807, 2.05) is 11.7 Å². The Morgan fingerprint density at radius 2 is 2.29 bits per heavy atom. The van der Waals surface area contributed by atoms with Gasteiger partial charge in [0.1, 0.15) is 0 Å². The number of likely N-dealkylation sites (tertiary alicyclic amines) is 1. The van der Waals surface area contributed by atoms with E-state index in [1.54, 1.807) is 6.20 Å². The van der Waals surface area contributed by atoms with Gasteiger partial charge in [-0.2, -0.15) is 5.10 Å². The summed E-state index contributed by atoms with van der Waals surface area (Å²) in [4.78, 5) is 2.47. The summed E-state index contributed by atoms with van der Waals surface area (Å²) in [5.41, 5.74) is 7.26. The lowest BCUT2D eigenvalue weighted by molar-refractivity contribution is 0.290. The number of halogens is 1. The maximum Gasteiger partial charge on any atom is 0.0831 e. The van der Waals surface area contributed by atoms with Gasteiger partial charge in [-0.3, -0.25) is 9.58 Å². The van der Waals surface area contributed by atoms with Crippen LogP contribution in [0.3, 0.4) is 0 Å². The fourth-order valence-corrected chi connectivity index (χ4v) is 3.58. The van der Waals surface area contributed by atoms with Crippen LogP contribution in [0.25, 0.3) is 0 Å². The number of hydrogen-bond acceptors (Lipinski definition) is 3. The Kier molecular flexibility index (Phi) is 2.89. The van der Waals surface area contributed by atoms with Gasteiger partial charge in [0.25, 0.3) is 0 Å². The van der Waals surface area contributed by atoms with Crippen molar-refractivity contribution in [2.24, 2.45) is 24.6 Å². The second kappa shape index (κ2) is 4.26. The Bertz CT molecular complexity index is 397. The Hall–Kier alpha value is -0.580. The van der Waals surface area contributed by atoms with Crippen LogP contribution in [0.2, 0.25) is 5.02 Å². The van der Waals surface area contributed by atoms with Crippen molar-refractivity contribution in [3.63, 3.8) is 0 Å². The predicted molar refractivity (Wildman–Crippen MR) is 67.7 cm³/mol. The smallest absolute Gasteiger partial charge is 0.0831 e. The van der Waals surface area contributed by atoms with Gasteiger partial charge < -0.3 is 5.73 Å². The first-order chi connectivity index (χ1) is 8.15. The highest BCUT2D eigenvalue weighted by Gasteiger charge is 2.40. The maximum absolute atomic E-state index is 6.15. The topological polar surface area (TPSA) is 47.1 Å². The number of rotatable bonds is 2. The van der Waals surface area contributed by atoms with Crippen LogP contribution in [-0.2, 0) is 13.6 Å². The fourth-order valence-electron chi connectivity index (χ4n) is 3.35. The SMILES string of the molecule is Cn1ncc(Cl)c1CN1CC2CCC(N)C2C1. The molecule has 3 rings (SSSR count). The van der Waals surface area contributed by atoms with Gasteiger partial charge in [-0.05, 0) is 24.7 Å². The highest BCUT2D eigenvalue weighted by molar-refractivity contribution is 6.31. The van der Waals surface area contributed by atoms with E-state index < -0.39 is 0 Å². The van der Waals surface area contributed by atoms with E-state index in [1.165, 1.54) is 19.4 Å². The minimum absolute atomic E-state index is 0.409. The minimum atomic E-state index is 0.409. The zero-order chi connectivity index (χ0) is 12.0. The molecule has 17 heavy (non-hydrogen) atoms. The summed E-state index contributed by atoms with van der Waals surface area (Å²) in [6.07, 6.45) is 4.22. The molecule has 0 amide bonds. The molecule has 0 spiro atoms. The summed E-state index contributed by atoms with van der Waals surface area (Å²) in [5, 5.41) is 4.95. The van der Waals surface area contributed by atoms with Gasteiger partial charge in [-0.25, -0.2) is 0 Å². The van der Waals surface area contributed by atoms with Crippen LogP contribution >= 0.6 is 11.6 Å². The van der Waals surface area contributed by atoms with Crippen molar-refractivity contribution < 1.29 is 0 Å². The van der Waals surface area contributed by atoms with Crippen LogP contribution in [0, 0.1) is 11.8 Å². The average molecular weight is 255 g/mol. The van der Waals surface area contributed by atoms with E-state index >= 15 is 0 Å². The molecule has 2 N–H and O–H groups in total. The molecule has 0 radical (unpaired) electrons. The Balaban J connectivity index is 1.69. The quantitative estimate of drug-likeness (QED) is 0.864. The Labute approximate surface area is 107 Å². The molecule has 3 unspecified atom stereocenters. The molecule has 2 heterocycles. The van der Waals surface area contributed by atoms with E-state index in [2.05, 4.69) is 10.00 Å². The molecule has 1 aromatic heterocycles. The summed E-state index contributed by atoms with van der Waals surface area (Å²) in [5.74, 6) is 1.50. The average Bonchev–Trinajstić information content (AvgIpc) is 2.93. The first-order valence-electron chi connectivity index (χ1n) is 6.29. The molecule has 0 aromatic carbocycles. The summed E-state index contributed by atoms with van der Waals surface area (Å²) in [6.45, 7) is 3.18. The highest BCUT2D eigenvalue weighted by Crippen LogP contribution is 2.37. The van der Waals surface area contributed by atoms with Gasteiger partial charge in [0.15, 0.2) is 0 Å². The maximum atomic E-state index is 6.15. The standard InChI is InChI=1S/C12H19ClN4/c1-16-12(10(13)4-15-16)7-17-5-8-2-3-11(14)9(8)6-17/h4,8-9,11H,2-3,5-7,14H2,1H3. The number of nitrogens with zero attached hydrogens (tertiary/aromatic N) is 3. The van der Waals surface area contributed by atoms with Crippen molar-refractivity contribution in [2.45, 2.75) is 25.4 Å². The van der Waals surface area contributed by atoms with Gasteiger partial charge in [0.05, 0.1) is 16.9 Å². The molecule has 0 bridgehead atoms. The van der Waals surface area contributed by atoms with Crippen LogP contribution in [0.4, 0.5) is 0 Å². The minimum Gasteiger partial charge on any atom is -0.327 e. The van der Waals surface area contributed by atoms with Crippen molar-refractivity contribution in [1.29, 1.82) is 0 Å². The van der Waals surface area contributed by atoms with Crippen molar-refractivity contribution in [2.75, 3.05) is 13.1 Å².